The lowest BCUT2D eigenvalue weighted by atomic mass is 9.98. The number of likely N-dealkylation sites (N-methyl/N-ethyl adjacent to an activating group) is 1. The fraction of sp³-hybridized carbons (Fsp3) is 0.515. The minimum absolute atomic E-state index is 0.111. The number of carbonyl (C=O) groups is 4. The Morgan fingerprint density at radius 2 is 1.55 bits per heavy atom. The van der Waals surface area contributed by atoms with Crippen molar-refractivity contribution in [1.82, 2.24) is 20.0 Å². The molecule has 11 heteroatoms. The summed E-state index contributed by atoms with van der Waals surface area (Å²) in [4.78, 5) is 54.4. The molecule has 0 radical (unpaired) electrons. The van der Waals surface area contributed by atoms with Gasteiger partial charge < -0.3 is 24.8 Å². The number of hydrogen-bond donors (Lipinski definition) is 2. The number of nitrogens with zero attached hydrogens (tertiary/aromatic N) is 3. The van der Waals surface area contributed by atoms with Gasteiger partial charge in [0.25, 0.3) is 0 Å². The zero-order valence-corrected chi connectivity index (χ0v) is 26.1. The maximum atomic E-state index is 12.9. The highest BCUT2D eigenvalue weighted by Gasteiger charge is 2.32. The Bertz CT molecular complexity index is 1290. The number of piperazine rings is 1. The fourth-order valence-electron chi connectivity index (χ4n) is 5.74. The highest BCUT2D eigenvalue weighted by molar-refractivity contribution is 5.81. The predicted octanol–water partition coefficient (Wildman–Crippen LogP) is 4.16. The number of carbonyl (C=O) groups excluding carboxylic acids is 3. The Morgan fingerprint density at radius 1 is 0.955 bits per heavy atom. The van der Waals surface area contributed by atoms with Gasteiger partial charge in [0.2, 0.25) is 0 Å². The molecule has 4 rings (SSSR count). The van der Waals surface area contributed by atoms with E-state index in [2.05, 4.69) is 17.4 Å². The quantitative estimate of drug-likeness (QED) is 0.288. The number of hydrogen-bond acceptors (Lipinski definition) is 7. The van der Waals surface area contributed by atoms with Crippen LogP contribution in [0.1, 0.15) is 57.1 Å². The molecule has 0 unspecified atom stereocenters. The number of carboxylic acids is 1. The summed E-state index contributed by atoms with van der Waals surface area (Å²) < 4.78 is 11.0. The summed E-state index contributed by atoms with van der Waals surface area (Å²) in [6, 6.07) is 14.8. The van der Waals surface area contributed by atoms with Crippen molar-refractivity contribution in [2.75, 3.05) is 52.9 Å². The summed E-state index contributed by atoms with van der Waals surface area (Å²) in [5, 5.41) is 12.7. The van der Waals surface area contributed by atoms with E-state index in [9.17, 15) is 24.3 Å². The van der Waals surface area contributed by atoms with Crippen LogP contribution in [-0.4, -0.2) is 108 Å². The Hall–Kier alpha value is -4.12. The third-order valence-electron chi connectivity index (χ3n) is 7.99. The Labute approximate surface area is 259 Å². The van der Waals surface area contributed by atoms with E-state index in [4.69, 9.17) is 9.47 Å². The number of amides is 3. The molecule has 2 aliphatic rings. The molecule has 44 heavy (non-hydrogen) atoms. The minimum Gasteiger partial charge on any atom is -0.480 e. The van der Waals surface area contributed by atoms with Gasteiger partial charge in [-0.15, -0.1) is 0 Å². The lowest BCUT2D eigenvalue weighted by molar-refractivity contribution is -0.156. The van der Waals surface area contributed by atoms with E-state index in [1.807, 2.05) is 62.1 Å². The second-order valence-electron chi connectivity index (χ2n) is 12.3. The fourth-order valence-corrected chi connectivity index (χ4v) is 5.74. The smallest absolute Gasteiger partial charge is 0.410 e. The molecule has 1 aliphatic heterocycles. The molecule has 238 valence electrons. The van der Waals surface area contributed by atoms with Crippen molar-refractivity contribution < 1.29 is 33.8 Å². The van der Waals surface area contributed by atoms with Crippen LogP contribution in [0.3, 0.4) is 0 Å². The van der Waals surface area contributed by atoms with Crippen LogP contribution < -0.4 is 5.32 Å². The summed E-state index contributed by atoms with van der Waals surface area (Å²) in [6.45, 7) is 8.35. The average molecular weight is 609 g/mol. The van der Waals surface area contributed by atoms with Crippen LogP contribution in [-0.2, 0) is 19.1 Å². The van der Waals surface area contributed by atoms with Gasteiger partial charge in [0.1, 0.15) is 18.2 Å². The lowest BCUT2D eigenvalue weighted by Crippen LogP contribution is -2.53. The Balaban J connectivity index is 1.16. The van der Waals surface area contributed by atoms with Crippen LogP contribution in [0.4, 0.5) is 9.59 Å². The van der Waals surface area contributed by atoms with Gasteiger partial charge in [-0.3, -0.25) is 14.6 Å². The van der Waals surface area contributed by atoms with E-state index in [1.54, 1.807) is 4.90 Å². The molecule has 1 heterocycles. The van der Waals surface area contributed by atoms with Crippen LogP contribution in [0.15, 0.2) is 48.5 Å². The number of nitrogens with one attached hydrogen (secondary N) is 1. The van der Waals surface area contributed by atoms with Crippen LogP contribution in [0.25, 0.3) is 11.1 Å². The van der Waals surface area contributed by atoms with Gasteiger partial charge in [-0.2, -0.15) is 0 Å². The first-order valence-corrected chi connectivity index (χ1v) is 15.2. The maximum Gasteiger partial charge on any atom is 0.410 e. The van der Waals surface area contributed by atoms with Gasteiger partial charge in [0.15, 0.2) is 0 Å². The van der Waals surface area contributed by atoms with Crippen molar-refractivity contribution in [3.8, 4) is 11.1 Å². The first kappa shape index (κ1) is 32.8. The average Bonchev–Trinajstić information content (AvgIpc) is 3.30. The first-order valence-electron chi connectivity index (χ1n) is 15.2. The molecule has 0 saturated carbocycles. The van der Waals surface area contributed by atoms with Crippen molar-refractivity contribution in [2.24, 2.45) is 0 Å². The highest BCUT2D eigenvalue weighted by atomic mass is 16.6. The lowest BCUT2D eigenvalue weighted by Gasteiger charge is -2.34. The Kier molecular flexibility index (Phi) is 10.9. The van der Waals surface area contributed by atoms with Crippen LogP contribution in [0.2, 0.25) is 0 Å². The normalized spacial score (nSPS) is 15.6. The van der Waals surface area contributed by atoms with Gasteiger partial charge in [-0.1, -0.05) is 48.5 Å². The number of aliphatic carboxylic acids is 1. The number of ether oxygens (including phenoxy) is 2. The number of fused-ring (bicyclic) bond motifs is 3. The summed E-state index contributed by atoms with van der Waals surface area (Å²) in [6.07, 6.45) is 0.613. The van der Waals surface area contributed by atoms with Gasteiger partial charge in [0.05, 0.1) is 6.54 Å². The van der Waals surface area contributed by atoms with E-state index >= 15 is 0 Å². The number of carboxylic acid groups (broad SMARTS) is 1. The van der Waals surface area contributed by atoms with Crippen LogP contribution in [0.5, 0.6) is 0 Å². The van der Waals surface area contributed by atoms with Gasteiger partial charge in [-0.25, -0.2) is 14.4 Å². The molecule has 1 aliphatic carbocycles. The molecule has 1 fully saturated rings. The molecular formula is C33H44N4O7. The number of rotatable bonds is 11. The zero-order chi connectivity index (χ0) is 31.9. The van der Waals surface area contributed by atoms with E-state index in [1.165, 1.54) is 7.05 Å². The Morgan fingerprint density at radius 3 is 2.11 bits per heavy atom. The second kappa shape index (κ2) is 14.6. The summed E-state index contributed by atoms with van der Waals surface area (Å²) >= 11 is 0. The van der Waals surface area contributed by atoms with E-state index in [0.717, 1.165) is 27.2 Å². The van der Waals surface area contributed by atoms with E-state index in [0.29, 0.717) is 45.6 Å². The predicted molar refractivity (Wildman–Crippen MR) is 165 cm³/mol. The van der Waals surface area contributed by atoms with Crippen LogP contribution >= 0.6 is 0 Å². The monoisotopic (exact) mass is 608 g/mol. The van der Waals surface area contributed by atoms with E-state index < -0.39 is 23.7 Å². The van der Waals surface area contributed by atoms with Crippen molar-refractivity contribution in [1.29, 1.82) is 0 Å². The third-order valence-corrected chi connectivity index (χ3v) is 7.99. The molecular weight excluding hydrogens is 564 g/mol. The van der Waals surface area contributed by atoms with Crippen molar-refractivity contribution >= 4 is 24.1 Å². The molecule has 2 aromatic rings. The minimum atomic E-state index is -1.10. The summed E-state index contributed by atoms with van der Waals surface area (Å²) in [5.41, 5.74) is 3.88. The molecule has 0 aromatic heterocycles. The summed E-state index contributed by atoms with van der Waals surface area (Å²) in [5.74, 6) is -1.49. The van der Waals surface area contributed by atoms with Crippen molar-refractivity contribution in [3.63, 3.8) is 0 Å². The second-order valence-corrected chi connectivity index (χ2v) is 12.3. The standard InChI is InChI=1S/C33H44N4O7/c1-33(2,3)44-29(38)21-36-17-19-37(20-18-36)31(41)34-16-10-9-15-28(30(39)40)35(4)32(42)43-22-27-25-13-7-5-11-23(25)24-12-6-8-14-26(24)27/h5-8,11-14,27-28H,9-10,15-22H2,1-4H3,(H,34,41)(H,39,40)/t28-/m1/s1. The molecule has 11 nitrogen and oxygen atoms in total. The van der Waals surface area contributed by atoms with E-state index in [-0.39, 0.29) is 37.5 Å². The third kappa shape index (κ3) is 8.49. The number of urea groups is 1. The zero-order valence-electron chi connectivity index (χ0n) is 26.1. The largest absolute Gasteiger partial charge is 0.480 e. The molecule has 2 aromatic carbocycles. The maximum absolute atomic E-state index is 12.9. The highest BCUT2D eigenvalue weighted by Crippen LogP contribution is 2.44. The SMILES string of the molecule is CN(C(=O)OCC1c2ccccc2-c2ccccc21)[C@H](CCCCNC(=O)N1CCN(CC(=O)OC(C)(C)C)CC1)C(=O)O. The topological polar surface area (TPSA) is 129 Å². The van der Waals surface area contributed by atoms with Gasteiger partial charge >= 0.3 is 24.1 Å². The van der Waals surface area contributed by atoms with Crippen LogP contribution in [0, 0.1) is 0 Å². The molecule has 1 saturated heterocycles. The van der Waals surface area contributed by atoms with Gasteiger partial charge in [0, 0.05) is 45.7 Å². The number of esters is 1. The number of benzene rings is 2. The number of unbranched alkanes of at least 4 members (excludes halogenated alkanes) is 1. The first-order chi connectivity index (χ1) is 20.9. The van der Waals surface area contributed by atoms with Gasteiger partial charge in [-0.05, 0) is 62.3 Å². The molecule has 1 atom stereocenters. The van der Waals surface area contributed by atoms with Crippen molar-refractivity contribution in [2.45, 2.75) is 57.6 Å². The molecule has 2 N–H and O–H groups in total. The molecule has 0 spiro atoms. The summed E-state index contributed by atoms with van der Waals surface area (Å²) in [7, 11) is 1.45. The molecule has 3 amide bonds. The van der Waals surface area contributed by atoms with Crippen molar-refractivity contribution in [3.05, 3.63) is 59.7 Å². The molecule has 0 bridgehead atoms.